The first-order chi connectivity index (χ1) is 19.6. The summed E-state index contributed by atoms with van der Waals surface area (Å²) in [7, 11) is 0. The maximum Gasteiger partial charge on any atom is 0.264 e. The fourth-order valence-electron chi connectivity index (χ4n) is 7.19. The first-order valence-electron chi connectivity index (χ1n) is 13.9. The maximum absolute atomic E-state index is 15.3. The van der Waals surface area contributed by atoms with E-state index in [1.165, 1.54) is 6.07 Å². The summed E-state index contributed by atoms with van der Waals surface area (Å²) in [4.78, 5) is 41.6. The molecule has 4 fully saturated rings. The SMILES string of the molecule is N#C[C@H](C[C@@H]1CCCNC1=O)NC(=O)[C@H]1[C@@H]2CC[C@@H](CC2(F)F)N1C(=O)C1(O)c2ccccc2-c2ccc(Cl)cc21. The summed E-state index contributed by atoms with van der Waals surface area (Å²) in [5, 5.41) is 27.6. The number of hydrogen-bond acceptors (Lipinski definition) is 5. The van der Waals surface area contributed by atoms with Crippen LogP contribution in [0.3, 0.4) is 0 Å². The zero-order chi connectivity index (χ0) is 29.1. The number of benzene rings is 2. The van der Waals surface area contributed by atoms with Gasteiger partial charge < -0.3 is 20.6 Å². The molecule has 8 nitrogen and oxygen atoms in total. The summed E-state index contributed by atoms with van der Waals surface area (Å²) < 4.78 is 30.6. The first-order valence-corrected chi connectivity index (χ1v) is 14.2. The monoisotopic (exact) mass is 582 g/mol. The van der Waals surface area contributed by atoms with Crippen LogP contribution >= 0.6 is 11.6 Å². The average molecular weight is 583 g/mol. The molecule has 0 aromatic heterocycles. The van der Waals surface area contributed by atoms with Gasteiger partial charge in [-0.15, -0.1) is 0 Å². The van der Waals surface area contributed by atoms with Gasteiger partial charge in [0.25, 0.3) is 11.8 Å². The number of nitriles is 1. The Morgan fingerprint density at radius 1 is 1.17 bits per heavy atom. The summed E-state index contributed by atoms with van der Waals surface area (Å²) in [5.74, 6) is -7.19. The van der Waals surface area contributed by atoms with Gasteiger partial charge in [0.15, 0.2) is 5.60 Å². The number of hydrogen-bond donors (Lipinski definition) is 3. The molecule has 41 heavy (non-hydrogen) atoms. The molecule has 0 radical (unpaired) electrons. The highest BCUT2D eigenvalue weighted by Crippen LogP contribution is 2.54. The standard InChI is InChI=1S/C30H29ClF2N4O4/c31-17-7-9-21-20-5-1-2-6-22(20)30(41,24(21)13-17)28(40)37-19-8-10-23(29(32,33)14-19)25(37)27(39)36-18(15-34)12-16-4-3-11-35-26(16)38/h1-2,5-7,9,13,16,18-19,23,25,41H,3-4,8,10-12,14H2,(H,35,38)(H,36,39)/t16-,18-,19-,23-,25+,30?/m0/s1. The number of aliphatic hydroxyl groups is 1. The molecule has 1 saturated carbocycles. The fraction of sp³-hybridized carbons (Fsp3) is 0.467. The third-order valence-electron chi connectivity index (χ3n) is 9.12. The van der Waals surface area contributed by atoms with E-state index in [1.54, 1.807) is 36.4 Å². The van der Waals surface area contributed by atoms with Crippen molar-refractivity contribution < 1.29 is 28.3 Å². The number of alkyl halides is 2. The van der Waals surface area contributed by atoms with Gasteiger partial charge in [0, 0.05) is 41.1 Å². The molecule has 214 valence electrons. The number of carbonyl (C=O) groups is 3. The normalized spacial score (nSPS) is 30.0. The van der Waals surface area contributed by atoms with E-state index in [0.29, 0.717) is 24.1 Å². The number of carbonyl (C=O) groups excluding carboxylic acids is 3. The van der Waals surface area contributed by atoms with Crippen molar-refractivity contribution in [2.24, 2.45) is 11.8 Å². The van der Waals surface area contributed by atoms with Crippen LogP contribution in [0.25, 0.3) is 11.1 Å². The summed E-state index contributed by atoms with van der Waals surface area (Å²) in [6.07, 6.45) is 0.943. The van der Waals surface area contributed by atoms with Crippen LogP contribution in [0, 0.1) is 23.2 Å². The van der Waals surface area contributed by atoms with Crippen LogP contribution < -0.4 is 10.6 Å². The highest BCUT2D eigenvalue weighted by atomic mass is 35.5. The lowest BCUT2D eigenvalue weighted by Gasteiger charge is -2.54. The number of fused-ring (bicyclic) bond motifs is 6. The Morgan fingerprint density at radius 2 is 1.93 bits per heavy atom. The van der Waals surface area contributed by atoms with Crippen LogP contribution in [0.5, 0.6) is 0 Å². The van der Waals surface area contributed by atoms with Crippen LogP contribution in [0.1, 0.15) is 49.7 Å². The number of nitrogens with zero attached hydrogens (tertiary/aromatic N) is 2. The van der Waals surface area contributed by atoms with Crippen LogP contribution in [-0.2, 0) is 20.0 Å². The van der Waals surface area contributed by atoms with Crippen molar-refractivity contribution in [1.82, 2.24) is 15.5 Å². The Morgan fingerprint density at radius 3 is 2.66 bits per heavy atom. The Kier molecular flexibility index (Phi) is 6.78. The third-order valence-corrected chi connectivity index (χ3v) is 9.35. The molecule has 11 heteroatoms. The molecule has 2 bridgehead atoms. The summed E-state index contributed by atoms with van der Waals surface area (Å²) in [6, 6.07) is 9.88. The lowest BCUT2D eigenvalue weighted by atomic mass is 9.70. The molecular formula is C30H29ClF2N4O4. The number of amides is 3. The average Bonchev–Trinajstić information content (AvgIpc) is 3.21. The molecule has 2 aromatic carbocycles. The Hall–Kier alpha value is -3.55. The third kappa shape index (κ3) is 4.37. The molecule has 3 amide bonds. The number of piperidine rings is 3. The lowest BCUT2D eigenvalue weighted by molar-refractivity contribution is -0.201. The van der Waals surface area contributed by atoms with Gasteiger partial charge in [0.2, 0.25) is 11.8 Å². The summed E-state index contributed by atoms with van der Waals surface area (Å²) in [5.41, 5.74) is -0.546. The van der Waals surface area contributed by atoms with E-state index >= 15 is 8.78 Å². The second-order valence-electron chi connectivity index (χ2n) is 11.5. The molecule has 3 aliphatic heterocycles. The highest BCUT2D eigenvalue weighted by Gasteiger charge is 2.63. The van der Waals surface area contributed by atoms with Gasteiger partial charge in [-0.3, -0.25) is 14.4 Å². The van der Waals surface area contributed by atoms with Crippen molar-refractivity contribution in [1.29, 1.82) is 5.26 Å². The molecule has 0 spiro atoms. The van der Waals surface area contributed by atoms with Crippen molar-refractivity contribution >= 4 is 29.3 Å². The minimum atomic E-state index is -3.22. The van der Waals surface area contributed by atoms with E-state index < -0.39 is 59.7 Å². The molecule has 6 atom stereocenters. The fourth-order valence-corrected chi connectivity index (χ4v) is 7.36. The molecule has 2 aromatic rings. The quantitative estimate of drug-likeness (QED) is 0.498. The zero-order valence-corrected chi connectivity index (χ0v) is 22.8. The Bertz CT molecular complexity index is 1480. The van der Waals surface area contributed by atoms with E-state index in [0.717, 1.165) is 11.3 Å². The molecule has 3 heterocycles. The number of rotatable bonds is 5. The van der Waals surface area contributed by atoms with Crippen molar-refractivity contribution in [3.8, 4) is 17.2 Å². The topological polar surface area (TPSA) is 123 Å². The van der Waals surface area contributed by atoms with Gasteiger partial charge in [0.05, 0.1) is 12.0 Å². The van der Waals surface area contributed by atoms with E-state index in [4.69, 9.17) is 11.6 Å². The number of halogens is 3. The molecule has 2 aliphatic carbocycles. The summed E-state index contributed by atoms with van der Waals surface area (Å²) in [6.45, 7) is 0.538. The van der Waals surface area contributed by atoms with Gasteiger partial charge in [-0.25, -0.2) is 8.78 Å². The second kappa shape index (κ2) is 10.1. The predicted molar refractivity (Wildman–Crippen MR) is 144 cm³/mol. The minimum Gasteiger partial charge on any atom is -0.372 e. The number of nitrogens with one attached hydrogen (secondary N) is 2. The van der Waals surface area contributed by atoms with Crippen molar-refractivity contribution in [2.75, 3.05) is 6.54 Å². The first kappa shape index (κ1) is 27.6. The molecule has 3 N–H and O–H groups in total. The highest BCUT2D eigenvalue weighted by molar-refractivity contribution is 6.31. The van der Waals surface area contributed by atoms with E-state index in [1.807, 2.05) is 6.07 Å². The van der Waals surface area contributed by atoms with Gasteiger partial charge in [0.1, 0.15) is 12.1 Å². The van der Waals surface area contributed by atoms with Gasteiger partial charge in [-0.05, 0) is 55.4 Å². The van der Waals surface area contributed by atoms with Crippen molar-refractivity contribution in [3.63, 3.8) is 0 Å². The van der Waals surface area contributed by atoms with E-state index in [-0.39, 0.29) is 41.3 Å². The smallest absolute Gasteiger partial charge is 0.264 e. The largest absolute Gasteiger partial charge is 0.372 e. The van der Waals surface area contributed by atoms with Crippen LogP contribution in [0.2, 0.25) is 5.02 Å². The van der Waals surface area contributed by atoms with Crippen LogP contribution in [0.15, 0.2) is 42.5 Å². The second-order valence-corrected chi connectivity index (χ2v) is 11.9. The van der Waals surface area contributed by atoms with Gasteiger partial charge >= 0.3 is 0 Å². The van der Waals surface area contributed by atoms with Gasteiger partial charge in [-0.2, -0.15) is 5.26 Å². The van der Waals surface area contributed by atoms with E-state index in [9.17, 15) is 24.8 Å². The van der Waals surface area contributed by atoms with Crippen LogP contribution in [0.4, 0.5) is 8.78 Å². The maximum atomic E-state index is 15.3. The predicted octanol–water partition coefficient (Wildman–Crippen LogP) is 3.50. The van der Waals surface area contributed by atoms with Crippen molar-refractivity contribution in [3.05, 3.63) is 58.6 Å². The Balaban J connectivity index is 1.36. The van der Waals surface area contributed by atoms with Gasteiger partial charge in [-0.1, -0.05) is 41.9 Å². The zero-order valence-electron chi connectivity index (χ0n) is 22.1. The lowest BCUT2D eigenvalue weighted by Crippen LogP contribution is -2.70. The van der Waals surface area contributed by atoms with E-state index in [2.05, 4.69) is 10.6 Å². The molecule has 5 aliphatic rings. The molecular weight excluding hydrogens is 554 g/mol. The Labute approximate surface area is 240 Å². The molecule has 1 unspecified atom stereocenters. The molecule has 7 rings (SSSR count). The van der Waals surface area contributed by atoms with Crippen LogP contribution in [-0.4, -0.2) is 58.3 Å². The van der Waals surface area contributed by atoms with Crippen molar-refractivity contribution in [2.45, 2.75) is 68.2 Å². The minimum absolute atomic E-state index is 0.0131. The summed E-state index contributed by atoms with van der Waals surface area (Å²) >= 11 is 6.27. The molecule has 3 saturated heterocycles.